The number of carbonyl (C=O) groups excluding carboxylic acids is 1. The van der Waals surface area contributed by atoms with E-state index in [-0.39, 0.29) is 12.4 Å². The Kier molecular flexibility index (Phi) is 5.59. The van der Waals surface area contributed by atoms with Gasteiger partial charge in [0, 0.05) is 5.57 Å². The lowest BCUT2D eigenvalue weighted by molar-refractivity contribution is -0.136. The molecule has 0 aromatic heterocycles. The summed E-state index contributed by atoms with van der Waals surface area (Å²) in [4.78, 5) is 12.8. The van der Waals surface area contributed by atoms with Gasteiger partial charge in [-0.05, 0) is 35.7 Å². The molecule has 0 aliphatic rings. The van der Waals surface area contributed by atoms with Crippen LogP contribution in [0.1, 0.15) is 23.6 Å². The van der Waals surface area contributed by atoms with E-state index >= 15 is 0 Å². The van der Waals surface area contributed by atoms with Gasteiger partial charge >= 0.3 is 5.97 Å². The van der Waals surface area contributed by atoms with E-state index in [4.69, 9.17) is 4.74 Å². The summed E-state index contributed by atoms with van der Waals surface area (Å²) in [5.41, 5.74) is 3.56. The van der Waals surface area contributed by atoms with Crippen molar-refractivity contribution in [3.63, 3.8) is 0 Å². The Hall–Kier alpha value is -3.20. The molecule has 0 radical (unpaired) electrons. The zero-order valence-corrected chi connectivity index (χ0v) is 14.5. The molecule has 0 aliphatic heterocycles. The summed E-state index contributed by atoms with van der Waals surface area (Å²) in [7, 11) is 0. The van der Waals surface area contributed by atoms with Crippen LogP contribution < -0.4 is 0 Å². The highest BCUT2D eigenvalue weighted by atomic mass is 19.1. The van der Waals surface area contributed by atoms with Crippen molar-refractivity contribution in [3.8, 4) is 0 Å². The average Bonchev–Trinajstić information content (AvgIpc) is 2.68. The third-order valence-corrected chi connectivity index (χ3v) is 3.99. The zero-order valence-electron chi connectivity index (χ0n) is 14.5. The van der Waals surface area contributed by atoms with Gasteiger partial charge in [0.25, 0.3) is 0 Å². The summed E-state index contributed by atoms with van der Waals surface area (Å²) in [6, 6.07) is 25.1. The molecule has 130 valence electrons. The fraction of sp³-hybridized carbons (Fsp3) is 0.0870. The summed E-state index contributed by atoms with van der Waals surface area (Å²) in [6.45, 7) is 2.06. The highest BCUT2D eigenvalue weighted by Gasteiger charge is 2.21. The SMILES string of the molecule is CCOC(=O)/C(=C(/c1ccccc1)c1ccc(F)cc1)c1ccccc1. The van der Waals surface area contributed by atoms with Gasteiger partial charge in [-0.1, -0.05) is 72.8 Å². The average molecular weight is 346 g/mol. The number of ether oxygens (including phenoxy) is 1. The molecule has 0 heterocycles. The van der Waals surface area contributed by atoms with E-state index in [1.54, 1.807) is 19.1 Å². The Balaban J connectivity index is 2.32. The first-order valence-electron chi connectivity index (χ1n) is 8.49. The van der Waals surface area contributed by atoms with Crippen LogP contribution >= 0.6 is 0 Å². The Morgan fingerprint density at radius 2 is 1.27 bits per heavy atom. The standard InChI is InChI=1S/C23H19FO2/c1-2-26-23(25)22(18-11-7-4-8-12-18)21(17-9-5-3-6-10-17)19-13-15-20(24)16-14-19/h3-16H,2H2,1H3/b22-21-. The molecule has 0 unspecified atom stereocenters. The molecule has 0 fully saturated rings. The molecule has 0 bridgehead atoms. The van der Waals surface area contributed by atoms with Crippen molar-refractivity contribution < 1.29 is 13.9 Å². The predicted octanol–water partition coefficient (Wildman–Crippen LogP) is 5.35. The molecule has 0 saturated heterocycles. The van der Waals surface area contributed by atoms with Gasteiger partial charge in [0.05, 0.1) is 12.2 Å². The van der Waals surface area contributed by atoms with Crippen molar-refractivity contribution in [1.29, 1.82) is 0 Å². The second kappa shape index (κ2) is 8.26. The fourth-order valence-corrected chi connectivity index (χ4v) is 2.85. The van der Waals surface area contributed by atoms with E-state index in [1.807, 2.05) is 60.7 Å². The van der Waals surface area contributed by atoms with Crippen LogP contribution in [0.5, 0.6) is 0 Å². The first-order chi connectivity index (χ1) is 12.7. The summed E-state index contributed by atoms with van der Waals surface area (Å²) >= 11 is 0. The minimum absolute atomic E-state index is 0.278. The van der Waals surface area contributed by atoms with E-state index in [0.717, 1.165) is 22.3 Å². The summed E-state index contributed by atoms with van der Waals surface area (Å²) < 4.78 is 18.8. The van der Waals surface area contributed by atoms with Crippen LogP contribution in [0.25, 0.3) is 11.1 Å². The monoisotopic (exact) mass is 346 g/mol. The maximum Gasteiger partial charge on any atom is 0.339 e. The minimum atomic E-state index is -0.401. The van der Waals surface area contributed by atoms with Gasteiger partial charge in [0.15, 0.2) is 0 Å². The number of hydrogen-bond acceptors (Lipinski definition) is 2. The summed E-state index contributed by atoms with van der Waals surface area (Å²) in [5.74, 6) is -0.722. The topological polar surface area (TPSA) is 26.3 Å². The molecule has 3 heteroatoms. The number of carbonyl (C=O) groups is 1. The van der Waals surface area contributed by atoms with E-state index in [2.05, 4.69) is 0 Å². The van der Waals surface area contributed by atoms with E-state index in [0.29, 0.717) is 5.57 Å². The molecule has 3 aromatic rings. The predicted molar refractivity (Wildman–Crippen MR) is 102 cm³/mol. The minimum Gasteiger partial charge on any atom is -0.462 e. The second-order valence-corrected chi connectivity index (χ2v) is 5.71. The number of benzene rings is 3. The third-order valence-electron chi connectivity index (χ3n) is 3.99. The molecule has 3 rings (SSSR count). The van der Waals surface area contributed by atoms with Crippen molar-refractivity contribution in [3.05, 3.63) is 107 Å². The van der Waals surface area contributed by atoms with Crippen LogP contribution in [0.3, 0.4) is 0 Å². The number of hydrogen-bond donors (Lipinski definition) is 0. The van der Waals surface area contributed by atoms with Crippen LogP contribution in [-0.2, 0) is 9.53 Å². The number of esters is 1. The maximum atomic E-state index is 13.4. The van der Waals surface area contributed by atoms with Gasteiger partial charge in [0.2, 0.25) is 0 Å². The van der Waals surface area contributed by atoms with Gasteiger partial charge in [-0.25, -0.2) is 9.18 Å². The molecule has 0 N–H and O–H groups in total. The Bertz CT molecular complexity index is 898. The quantitative estimate of drug-likeness (QED) is 0.354. The molecule has 2 nitrogen and oxygen atoms in total. The fourth-order valence-electron chi connectivity index (χ4n) is 2.85. The molecule has 0 spiro atoms. The molecule has 0 aliphatic carbocycles. The lowest BCUT2D eigenvalue weighted by Gasteiger charge is -2.16. The van der Waals surface area contributed by atoms with Crippen molar-refractivity contribution in [2.45, 2.75) is 6.92 Å². The first-order valence-corrected chi connectivity index (χ1v) is 8.49. The van der Waals surface area contributed by atoms with Gasteiger partial charge in [-0.15, -0.1) is 0 Å². The molecule has 0 amide bonds. The van der Waals surface area contributed by atoms with E-state index < -0.39 is 5.97 Å². The molecule has 0 atom stereocenters. The van der Waals surface area contributed by atoms with Crippen molar-refractivity contribution in [2.24, 2.45) is 0 Å². The van der Waals surface area contributed by atoms with Gasteiger partial charge in [-0.2, -0.15) is 0 Å². The van der Waals surface area contributed by atoms with Crippen molar-refractivity contribution in [2.75, 3.05) is 6.61 Å². The third kappa shape index (κ3) is 3.89. The number of halogens is 1. The zero-order chi connectivity index (χ0) is 18.4. The van der Waals surface area contributed by atoms with Crippen molar-refractivity contribution in [1.82, 2.24) is 0 Å². The molecule has 0 saturated carbocycles. The highest BCUT2D eigenvalue weighted by molar-refractivity contribution is 6.26. The lowest BCUT2D eigenvalue weighted by atomic mass is 9.89. The molecular formula is C23H19FO2. The Morgan fingerprint density at radius 1 is 0.769 bits per heavy atom. The number of rotatable bonds is 5. The van der Waals surface area contributed by atoms with Crippen molar-refractivity contribution >= 4 is 17.1 Å². The summed E-state index contributed by atoms with van der Waals surface area (Å²) in [6.07, 6.45) is 0. The van der Waals surface area contributed by atoms with E-state index in [9.17, 15) is 9.18 Å². The maximum absolute atomic E-state index is 13.4. The van der Waals surface area contributed by atoms with Gasteiger partial charge < -0.3 is 4.74 Å². The van der Waals surface area contributed by atoms with Gasteiger partial charge in [0.1, 0.15) is 5.82 Å². The van der Waals surface area contributed by atoms with Crippen LogP contribution in [-0.4, -0.2) is 12.6 Å². The normalized spacial score (nSPS) is 11.6. The molecular weight excluding hydrogens is 327 g/mol. The Labute approximate surface area is 152 Å². The second-order valence-electron chi connectivity index (χ2n) is 5.71. The van der Waals surface area contributed by atoms with Crippen LogP contribution in [0.15, 0.2) is 84.9 Å². The molecule has 26 heavy (non-hydrogen) atoms. The van der Waals surface area contributed by atoms with Gasteiger partial charge in [-0.3, -0.25) is 0 Å². The van der Waals surface area contributed by atoms with Crippen LogP contribution in [0.4, 0.5) is 4.39 Å². The van der Waals surface area contributed by atoms with Crippen LogP contribution in [0.2, 0.25) is 0 Å². The smallest absolute Gasteiger partial charge is 0.339 e. The highest BCUT2D eigenvalue weighted by Crippen LogP contribution is 2.33. The first kappa shape index (κ1) is 17.6. The van der Waals surface area contributed by atoms with Crippen LogP contribution in [0, 0.1) is 5.82 Å². The van der Waals surface area contributed by atoms with E-state index in [1.165, 1.54) is 12.1 Å². The summed E-state index contributed by atoms with van der Waals surface area (Å²) in [5, 5.41) is 0. The lowest BCUT2D eigenvalue weighted by Crippen LogP contribution is -2.10. The largest absolute Gasteiger partial charge is 0.462 e. The Morgan fingerprint density at radius 3 is 1.81 bits per heavy atom. The molecule has 3 aromatic carbocycles.